The maximum atomic E-state index is 12.8. The number of nitrogens with two attached hydrogens (primary N) is 1. The van der Waals surface area contributed by atoms with Gasteiger partial charge in [0.1, 0.15) is 0 Å². The largest absolute Gasteiger partial charge is 0.418 e. The minimum Gasteiger partial charge on any atom is -0.326 e. The third-order valence-electron chi connectivity index (χ3n) is 2.25. The van der Waals surface area contributed by atoms with Crippen LogP contribution in [0, 0.1) is 11.3 Å². The van der Waals surface area contributed by atoms with Gasteiger partial charge in [-0.05, 0) is 5.56 Å². The Bertz CT molecular complexity index is 476. The highest BCUT2D eigenvalue weighted by molar-refractivity contribution is 5.40. The van der Waals surface area contributed by atoms with Gasteiger partial charge in [-0.2, -0.15) is 18.4 Å². The van der Waals surface area contributed by atoms with Gasteiger partial charge in [0, 0.05) is 18.3 Å². The highest BCUT2D eigenvalue weighted by atomic mass is 19.4. The van der Waals surface area contributed by atoms with E-state index in [-0.39, 0.29) is 5.56 Å². The second-order valence-electron chi connectivity index (χ2n) is 3.36. The Morgan fingerprint density at radius 3 is 2.39 bits per heavy atom. The number of hydrogen-bond donors (Lipinski definition) is 1. The first-order chi connectivity index (χ1) is 8.32. The van der Waals surface area contributed by atoms with Gasteiger partial charge in [0.25, 0.3) is 6.43 Å². The monoisotopic (exact) mass is 265 g/mol. The van der Waals surface area contributed by atoms with Crippen LogP contribution in [0.2, 0.25) is 0 Å². The van der Waals surface area contributed by atoms with Gasteiger partial charge >= 0.3 is 6.18 Å². The summed E-state index contributed by atoms with van der Waals surface area (Å²) in [5.41, 5.74) is 1.29. The van der Waals surface area contributed by atoms with Gasteiger partial charge in [0.05, 0.1) is 23.7 Å². The molecule has 0 aliphatic carbocycles. The van der Waals surface area contributed by atoms with Gasteiger partial charge in [0.15, 0.2) is 0 Å². The van der Waals surface area contributed by atoms with Crippen LogP contribution in [0.3, 0.4) is 0 Å². The average molecular weight is 265 g/mol. The zero-order valence-corrected chi connectivity index (χ0v) is 8.93. The van der Waals surface area contributed by atoms with E-state index in [1.54, 1.807) is 0 Å². The first kappa shape index (κ1) is 14.3. The highest BCUT2D eigenvalue weighted by Gasteiger charge is 2.40. The summed E-state index contributed by atoms with van der Waals surface area (Å²) in [6, 6.07) is 1.46. The first-order valence-corrected chi connectivity index (χ1v) is 4.76. The lowest BCUT2D eigenvalue weighted by molar-refractivity contribution is -0.140. The lowest BCUT2D eigenvalue weighted by atomic mass is 9.99. The third kappa shape index (κ3) is 2.73. The molecule has 0 saturated heterocycles. The van der Waals surface area contributed by atoms with E-state index in [2.05, 4.69) is 4.98 Å². The maximum absolute atomic E-state index is 12.8. The Labute approximate surface area is 99.0 Å². The molecule has 8 heteroatoms. The SMILES string of the molecule is N#CCc1ncc(CN)c(C(F)F)c1C(F)(F)F. The highest BCUT2D eigenvalue weighted by Crippen LogP contribution is 2.39. The fraction of sp³-hybridized carbons (Fsp3) is 0.400. The van der Waals surface area contributed by atoms with Crippen molar-refractivity contribution in [3.05, 3.63) is 28.6 Å². The zero-order chi connectivity index (χ0) is 13.9. The molecule has 0 saturated carbocycles. The van der Waals surface area contributed by atoms with E-state index in [4.69, 9.17) is 11.0 Å². The molecule has 0 atom stereocenters. The first-order valence-electron chi connectivity index (χ1n) is 4.76. The van der Waals surface area contributed by atoms with Crippen molar-refractivity contribution in [1.82, 2.24) is 4.98 Å². The normalized spacial score (nSPS) is 11.7. The molecule has 0 unspecified atom stereocenters. The summed E-state index contributed by atoms with van der Waals surface area (Å²) >= 11 is 0. The molecule has 0 fully saturated rings. The molecule has 0 spiro atoms. The van der Waals surface area contributed by atoms with Crippen molar-refractivity contribution in [2.75, 3.05) is 0 Å². The molecule has 0 aromatic carbocycles. The van der Waals surface area contributed by atoms with Gasteiger partial charge in [-0.15, -0.1) is 0 Å². The standard InChI is InChI=1S/C10H8F5N3/c11-9(12)7-5(3-17)4-18-6(1-2-16)8(7)10(13,14)15/h4,9H,1,3,17H2. The smallest absolute Gasteiger partial charge is 0.326 e. The third-order valence-corrected chi connectivity index (χ3v) is 2.25. The molecular formula is C10H8F5N3. The molecule has 1 aromatic heterocycles. The quantitative estimate of drug-likeness (QED) is 0.854. The summed E-state index contributed by atoms with van der Waals surface area (Å²) in [6.07, 6.45) is -8.18. The van der Waals surface area contributed by atoms with Gasteiger partial charge in [0.2, 0.25) is 0 Å². The number of halogens is 5. The Morgan fingerprint density at radius 1 is 1.39 bits per heavy atom. The van der Waals surface area contributed by atoms with Crippen LogP contribution in [0.25, 0.3) is 0 Å². The average Bonchev–Trinajstić information content (AvgIpc) is 2.27. The molecule has 98 valence electrons. The van der Waals surface area contributed by atoms with Gasteiger partial charge in [-0.1, -0.05) is 0 Å². The second kappa shape index (κ2) is 5.27. The zero-order valence-electron chi connectivity index (χ0n) is 8.93. The van der Waals surface area contributed by atoms with E-state index >= 15 is 0 Å². The Morgan fingerprint density at radius 2 is 2.00 bits per heavy atom. The summed E-state index contributed by atoms with van der Waals surface area (Å²) in [5, 5.41) is 8.40. The molecule has 0 aliphatic rings. The van der Waals surface area contributed by atoms with Gasteiger partial charge in [-0.25, -0.2) is 8.78 Å². The van der Waals surface area contributed by atoms with Crippen molar-refractivity contribution in [3.63, 3.8) is 0 Å². The lowest BCUT2D eigenvalue weighted by Crippen LogP contribution is -2.18. The number of aromatic nitrogens is 1. The molecular weight excluding hydrogens is 257 g/mol. The Balaban J connectivity index is 3.61. The minimum absolute atomic E-state index is 0.376. The number of hydrogen-bond acceptors (Lipinski definition) is 3. The van der Waals surface area contributed by atoms with E-state index in [9.17, 15) is 22.0 Å². The predicted octanol–water partition coefficient (Wildman–Crippen LogP) is 2.56. The summed E-state index contributed by atoms with van der Waals surface area (Å²) < 4.78 is 63.9. The molecule has 0 amide bonds. The number of nitrogens with zero attached hydrogens (tertiary/aromatic N) is 2. The van der Waals surface area contributed by atoms with Crippen LogP contribution in [0.1, 0.15) is 28.8 Å². The maximum Gasteiger partial charge on any atom is 0.418 e. The van der Waals surface area contributed by atoms with Crippen LogP contribution < -0.4 is 5.73 Å². The van der Waals surface area contributed by atoms with Crippen molar-refractivity contribution in [3.8, 4) is 6.07 Å². The number of nitriles is 1. The molecule has 0 bridgehead atoms. The van der Waals surface area contributed by atoms with E-state index in [0.29, 0.717) is 0 Å². The molecule has 1 heterocycles. The van der Waals surface area contributed by atoms with Crippen LogP contribution in [0.15, 0.2) is 6.20 Å². The topological polar surface area (TPSA) is 62.7 Å². The predicted molar refractivity (Wildman–Crippen MR) is 51.4 cm³/mol. The lowest BCUT2D eigenvalue weighted by Gasteiger charge is -2.17. The fourth-order valence-corrected chi connectivity index (χ4v) is 1.54. The van der Waals surface area contributed by atoms with Gasteiger partial charge in [-0.3, -0.25) is 4.98 Å². The number of pyridine rings is 1. The molecule has 0 radical (unpaired) electrons. The molecule has 18 heavy (non-hydrogen) atoms. The second-order valence-corrected chi connectivity index (χ2v) is 3.36. The van der Waals surface area contributed by atoms with E-state index in [1.807, 2.05) is 0 Å². The van der Waals surface area contributed by atoms with Crippen molar-refractivity contribution >= 4 is 0 Å². The summed E-state index contributed by atoms with van der Waals surface area (Å²) in [4.78, 5) is 3.39. The van der Waals surface area contributed by atoms with E-state index < -0.39 is 42.4 Å². The Kier molecular flexibility index (Phi) is 4.19. The van der Waals surface area contributed by atoms with Crippen molar-refractivity contribution < 1.29 is 22.0 Å². The van der Waals surface area contributed by atoms with Crippen molar-refractivity contribution in [2.45, 2.75) is 25.6 Å². The van der Waals surface area contributed by atoms with Crippen LogP contribution >= 0.6 is 0 Å². The molecule has 1 aromatic rings. The Hall–Kier alpha value is -1.75. The van der Waals surface area contributed by atoms with E-state index in [0.717, 1.165) is 6.20 Å². The van der Waals surface area contributed by atoms with Crippen LogP contribution in [0.4, 0.5) is 22.0 Å². The van der Waals surface area contributed by atoms with Crippen molar-refractivity contribution in [2.24, 2.45) is 5.73 Å². The molecule has 0 aliphatic heterocycles. The number of alkyl halides is 5. The van der Waals surface area contributed by atoms with Crippen LogP contribution in [-0.2, 0) is 19.1 Å². The summed E-state index contributed by atoms with van der Waals surface area (Å²) in [6.45, 7) is -0.484. The van der Waals surface area contributed by atoms with Crippen molar-refractivity contribution in [1.29, 1.82) is 5.26 Å². The minimum atomic E-state index is -5.00. The molecule has 3 nitrogen and oxygen atoms in total. The van der Waals surface area contributed by atoms with Crippen LogP contribution in [0.5, 0.6) is 0 Å². The summed E-state index contributed by atoms with van der Waals surface area (Å²) in [5.74, 6) is 0. The summed E-state index contributed by atoms with van der Waals surface area (Å²) in [7, 11) is 0. The fourth-order valence-electron chi connectivity index (χ4n) is 1.54. The van der Waals surface area contributed by atoms with Crippen LogP contribution in [-0.4, -0.2) is 4.98 Å². The molecule has 1 rings (SSSR count). The van der Waals surface area contributed by atoms with E-state index in [1.165, 1.54) is 6.07 Å². The number of rotatable bonds is 3. The van der Waals surface area contributed by atoms with Gasteiger partial charge < -0.3 is 5.73 Å². The molecule has 2 N–H and O–H groups in total.